The van der Waals surface area contributed by atoms with Crippen LogP contribution in [0.5, 0.6) is 0 Å². The van der Waals surface area contributed by atoms with Crippen LogP contribution in [0.1, 0.15) is 12.7 Å². The average molecular weight is 365 g/mol. The first-order valence-electron chi connectivity index (χ1n) is 8.40. The quantitative estimate of drug-likeness (QED) is 0.640. The van der Waals surface area contributed by atoms with Gasteiger partial charge in [0.05, 0.1) is 11.6 Å². The minimum Gasteiger partial charge on any atom is -0.461 e. The summed E-state index contributed by atoms with van der Waals surface area (Å²) >= 11 is 5.93. The van der Waals surface area contributed by atoms with E-state index in [0.717, 1.165) is 28.5 Å². The number of rotatable bonds is 4. The van der Waals surface area contributed by atoms with E-state index in [4.69, 9.17) is 16.0 Å². The molecular weight excluding hydrogens is 348 g/mol. The third-order valence-electron chi connectivity index (χ3n) is 4.47. The fraction of sp³-hybridized carbons (Fsp3) is 0.143. The van der Waals surface area contributed by atoms with Crippen LogP contribution in [-0.2, 0) is 11.2 Å². The molecule has 0 aliphatic carbocycles. The van der Waals surface area contributed by atoms with Crippen LogP contribution in [0.25, 0.3) is 11.3 Å². The minimum absolute atomic E-state index is 0.0295. The lowest BCUT2D eigenvalue weighted by atomic mass is 9.99. The first-order chi connectivity index (χ1) is 12.6. The van der Waals surface area contributed by atoms with Gasteiger partial charge in [-0.1, -0.05) is 29.8 Å². The van der Waals surface area contributed by atoms with E-state index in [0.29, 0.717) is 11.4 Å². The summed E-state index contributed by atoms with van der Waals surface area (Å²) in [6.45, 7) is 1.88. The Hall–Kier alpha value is -2.85. The predicted molar refractivity (Wildman–Crippen MR) is 103 cm³/mol. The summed E-state index contributed by atoms with van der Waals surface area (Å²) in [5.74, 6) is 1.19. The molecule has 0 unspecified atom stereocenters. The number of benzene rings is 2. The van der Waals surface area contributed by atoms with Crippen LogP contribution >= 0.6 is 11.6 Å². The maximum Gasteiger partial charge on any atom is 0.256 e. The summed E-state index contributed by atoms with van der Waals surface area (Å²) in [6.07, 6.45) is 0.491. The maximum absolute atomic E-state index is 12.8. The Balaban J connectivity index is 1.52. The smallest absolute Gasteiger partial charge is 0.256 e. The van der Waals surface area contributed by atoms with Crippen molar-refractivity contribution in [2.75, 3.05) is 5.01 Å². The number of furan rings is 1. The van der Waals surface area contributed by atoms with Crippen molar-refractivity contribution in [2.45, 2.75) is 13.3 Å². The zero-order valence-electron chi connectivity index (χ0n) is 14.2. The fourth-order valence-corrected chi connectivity index (χ4v) is 3.18. The van der Waals surface area contributed by atoms with Crippen molar-refractivity contribution in [2.24, 2.45) is 11.0 Å². The molecule has 1 atom stereocenters. The summed E-state index contributed by atoms with van der Waals surface area (Å²) in [4.78, 5) is 12.8. The second kappa shape index (κ2) is 6.81. The minimum atomic E-state index is -0.306. The molecule has 0 radical (unpaired) electrons. The summed E-state index contributed by atoms with van der Waals surface area (Å²) in [6, 6.07) is 20.8. The Kier molecular flexibility index (Phi) is 4.35. The molecule has 0 saturated heterocycles. The molecule has 1 aliphatic heterocycles. The van der Waals surface area contributed by atoms with Crippen LogP contribution in [0, 0.1) is 5.92 Å². The van der Waals surface area contributed by atoms with E-state index in [9.17, 15) is 4.79 Å². The summed E-state index contributed by atoms with van der Waals surface area (Å²) in [5, 5.41) is 6.60. The van der Waals surface area contributed by atoms with Crippen molar-refractivity contribution in [3.8, 4) is 11.3 Å². The fourth-order valence-electron chi connectivity index (χ4n) is 3.05. The molecule has 2 aromatic carbocycles. The second-order valence-corrected chi connectivity index (χ2v) is 6.69. The molecule has 130 valence electrons. The van der Waals surface area contributed by atoms with Gasteiger partial charge in [-0.2, -0.15) is 5.10 Å². The summed E-state index contributed by atoms with van der Waals surface area (Å²) in [7, 11) is 0. The molecule has 1 amide bonds. The number of carbonyl (C=O) groups excluding carboxylic acids is 1. The second-order valence-electron chi connectivity index (χ2n) is 6.26. The van der Waals surface area contributed by atoms with E-state index in [1.165, 1.54) is 5.01 Å². The SMILES string of the molecule is CC1=NN(c2ccccc2)C(=O)[C@H]1Cc1ccc(-c2ccc(Cl)cc2)o1. The zero-order valence-corrected chi connectivity index (χ0v) is 15.0. The summed E-state index contributed by atoms with van der Waals surface area (Å²) < 4.78 is 5.94. The van der Waals surface area contributed by atoms with Crippen molar-refractivity contribution >= 4 is 28.9 Å². The van der Waals surface area contributed by atoms with E-state index in [-0.39, 0.29) is 11.8 Å². The molecule has 1 aliphatic rings. The lowest BCUT2D eigenvalue weighted by molar-refractivity contribution is -0.119. The molecule has 2 heterocycles. The Morgan fingerprint density at radius 2 is 1.77 bits per heavy atom. The zero-order chi connectivity index (χ0) is 18.1. The van der Waals surface area contributed by atoms with Crippen LogP contribution in [0.15, 0.2) is 76.2 Å². The van der Waals surface area contributed by atoms with Crippen LogP contribution in [0.4, 0.5) is 5.69 Å². The van der Waals surface area contributed by atoms with Gasteiger partial charge in [0, 0.05) is 22.7 Å². The van der Waals surface area contributed by atoms with E-state index < -0.39 is 0 Å². The van der Waals surface area contributed by atoms with Gasteiger partial charge < -0.3 is 4.42 Å². The van der Waals surface area contributed by atoms with Crippen molar-refractivity contribution in [3.63, 3.8) is 0 Å². The van der Waals surface area contributed by atoms with Crippen LogP contribution in [0.2, 0.25) is 5.02 Å². The number of hydrogen-bond acceptors (Lipinski definition) is 3. The van der Waals surface area contributed by atoms with Gasteiger partial charge in [0.2, 0.25) is 0 Å². The highest BCUT2D eigenvalue weighted by molar-refractivity contribution is 6.30. The number of nitrogens with zero attached hydrogens (tertiary/aromatic N) is 2. The van der Waals surface area contributed by atoms with E-state index >= 15 is 0 Å². The third kappa shape index (κ3) is 3.16. The lowest BCUT2D eigenvalue weighted by Crippen LogP contribution is -2.28. The highest BCUT2D eigenvalue weighted by Gasteiger charge is 2.35. The van der Waals surface area contributed by atoms with E-state index in [2.05, 4.69) is 5.10 Å². The molecule has 0 fully saturated rings. The van der Waals surface area contributed by atoms with Gasteiger partial charge >= 0.3 is 0 Å². The number of anilines is 1. The Morgan fingerprint density at radius 3 is 2.50 bits per heavy atom. The monoisotopic (exact) mass is 364 g/mol. The third-order valence-corrected chi connectivity index (χ3v) is 4.72. The molecule has 3 aromatic rings. The first-order valence-corrected chi connectivity index (χ1v) is 8.78. The highest BCUT2D eigenvalue weighted by Crippen LogP contribution is 2.29. The van der Waals surface area contributed by atoms with E-state index in [1.807, 2.05) is 73.7 Å². The molecule has 0 bridgehead atoms. The molecule has 4 nitrogen and oxygen atoms in total. The Bertz CT molecular complexity index is 961. The average Bonchev–Trinajstić information content (AvgIpc) is 3.23. The molecule has 5 heteroatoms. The van der Waals surface area contributed by atoms with Gasteiger partial charge in [0.25, 0.3) is 5.91 Å². The van der Waals surface area contributed by atoms with Crippen LogP contribution in [-0.4, -0.2) is 11.6 Å². The van der Waals surface area contributed by atoms with E-state index in [1.54, 1.807) is 0 Å². The number of hydrogen-bond donors (Lipinski definition) is 0. The van der Waals surface area contributed by atoms with Crippen LogP contribution < -0.4 is 5.01 Å². The topological polar surface area (TPSA) is 45.8 Å². The van der Waals surface area contributed by atoms with Crippen molar-refractivity contribution in [1.82, 2.24) is 0 Å². The first kappa shape index (κ1) is 16.6. The molecule has 1 aromatic heterocycles. The largest absolute Gasteiger partial charge is 0.461 e. The number of amides is 1. The standard InChI is InChI=1S/C21H17ClN2O2/c1-14-19(21(25)24(23-14)17-5-3-2-4-6-17)13-18-11-12-20(26-18)15-7-9-16(22)10-8-15/h2-12,19H,13H2,1H3/t19-/m0/s1. The van der Waals surface area contributed by atoms with Gasteiger partial charge in [-0.3, -0.25) is 4.79 Å². The Morgan fingerprint density at radius 1 is 1.04 bits per heavy atom. The van der Waals surface area contributed by atoms with Crippen molar-refractivity contribution < 1.29 is 9.21 Å². The van der Waals surface area contributed by atoms with Gasteiger partial charge in [-0.15, -0.1) is 0 Å². The van der Waals surface area contributed by atoms with Crippen molar-refractivity contribution in [1.29, 1.82) is 0 Å². The molecule has 0 N–H and O–H groups in total. The lowest BCUT2D eigenvalue weighted by Gasteiger charge is -2.13. The maximum atomic E-state index is 12.8. The molecule has 4 rings (SSSR count). The highest BCUT2D eigenvalue weighted by atomic mass is 35.5. The Labute approximate surface area is 156 Å². The molecule has 0 spiro atoms. The van der Waals surface area contributed by atoms with Gasteiger partial charge in [0.1, 0.15) is 11.5 Å². The van der Waals surface area contributed by atoms with Crippen molar-refractivity contribution in [3.05, 3.63) is 77.5 Å². The number of para-hydroxylation sites is 1. The predicted octanol–water partition coefficient (Wildman–Crippen LogP) is 5.18. The molecular formula is C21H17ClN2O2. The number of halogens is 1. The number of hydrazone groups is 1. The van der Waals surface area contributed by atoms with Gasteiger partial charge in [-0.25, -0.2) is 5.01 Å². The molecule has 0 saturated carbocycles. The molecule has 26 heavy (non-hydrogen) atoms. The van der Waals surface area contributed by atoms with Gasteiger partial charge in [-0.05, 0) is 55.5 Å². The number of carbonyl (C=O) groups is 1. The normalized spacial score (nSPS) is 16.8. The van der Waals surface area contributed by atoms with Gasteiger partial charge in [0.15, 0.2) is 0 Å². The summed E-state index contributed by atoms with van der Waals surface area (Å²) in [5.41, 5.74) is 2.53. The van der Waals surface area contributed by atoms with Crippen LogP contribution in [0.3, 0.4) is 0 Å².